The third-order valence-electron chi connectivity index (χ3n) is 4.26. The maximum absolute atomic E-state index is 14.5. The summed E-state index contributed by atoms with van der Waals surface area (Å²) in [5.74, 6) is -0.920. The van der Waals surface area contributed by atoms with Crippen molar-refractivity contribution in [2.75, 3.05) is 5.32 Å². The van der Waals surface area contributed by atoms with E-state index in [0.29, 0.717) is 11.1 Å². The molecule has 3 rings (SSSR count). The molecule has 0 saturated carbocycles. The summed E-state index contributed by atoms with van der Waals surface area (Å²) in [6, 6.07) is 22.0. The Labute approximate surface area is 147 Å². The van der Waals surface area contributed by atoms with Gasteiger partial charge in [-0.2, -0.15) is 0 Å². The van der Waals surface area contributed by atoms with Crippen LogP contribution in [-0.2, 0) is 4.79 Å². The predicted molar refractivity (Wildman–Crippen MR) is 100 cm³/mol. The zero-order valence-corrected chi connectivity index (χ0v) is 14.3. The molecule has 3 aromatic rings. The molecule has 3 aromatic carbocycles. The highest BCUT2D eigenvalue weighted by Gasteiger charge is 2.17. The minimum atomic E-state index is -0.445. The smallest absolute Gasteiger partial charge is 0.231 e. The summed E-state index contributed by atoms with van der Waals surface area (Å²) in [7, 11) is 0. The average Bonchev–Trinajstić information content (AvgIpc) is 2.61. The van der Waals surface area contributed by atoms with Gasteiger partial charge in [0.25, 0.3) is 0 Å². The Morgan fingerprint density at radius 1 is 0.960 bits per heavy atom. The summed E-state index contributed by atoms with van der Waals surface area (Å²) in [4.78, 5) is 12.5. The molecule has 2 nitrogen and oxygen atoms in total. The molecule has 0 heterocycles. The largest absolute Gasteiger partial charge is 0.326 e. The van der Waals surface area contributed by atoms with Crippen LogP contribution in [0.25, 0.3) is 11.1 Å². The van der Waals surface area contributed by atoms with Crippen LogP contribution in [0.4, 0.5) is 10.1 Å². The number of amides is 1. The van der Waals surface area contributed by atoms with Gasteiger partial charge in [-0.05, 0) is 48.7 Å². The molecule has 0 aromatic heterocycles. The maximum atomic E-state index is 14.5. The molecule has 0 bridgehead atoms. The van der Waals surface area contributed by atoms with Gasteiger partial charge in [0.05, 0.1) is 5.92 Å². The zero-order chi connectivity index (χ0) is 17.8. The summed E-state index contributed by atoms with van der Waals surface area (Å²) in [6.07, 6.45) is 0. The number of carbonyl (C=O) groups excluding carboxylic acids is 1. The first-order valence-electron chi connectivity index (χ1n) is 8.27. The fraction of sp³-hybridized carbons (Fsp3) is 0.136. The van der Waals surface area contributed by atoms with Crippen LogP contribution in [0.3, 0.4) is 0 Å². The first-order chi connectivity index (χ1) is 12.0. The number of aryl methyl sites for hydroxylation is 1. The highest BCUT2D eigenvalue weighted by atomic mass is 19.1. The fourth-order valence-electron chi connectivity index (χ4n) is 2.78. The van der Waals surface area contributed by atoms with Crippen molar-refractivity contribution in [2.45, 2.75) is 19.8 Å². The van der Waals surface area contributed by atoms with E-state index in [-0.39, 0.29) is 11.7 Å². The van der Waals surface area contributed by atoms with Crippen molar-refractivity contribution in [1.82, 2.24) is 0 Å². The van der Waals surface area contributed by atoms with Crippen molar-refractivity contribution < 1.29 is 9.18 Å². The molecule has 1 atom stereocenters. The topological polar surface area (TPSA) is 29.1 Å². The first kappa shape index (κ1) is 16.9. The molecule has 25 heavy (non-hydrogen) atoms. The first-order valence-corrected chi connectivity index (χ1v) is 8.27. The molecule has 0 saturated heterocycles. The monoisotopic (exact) mass is 333 g/mol. The van der Waals surface area contributed by atoms with E-state index in [1.165, 1.54) is 6.07 Å². The van der Waals surface area contributed by atoms with Crippen LogP contribution in [0, 0.1) is 12.7 Å². The lowest BCUT2D eigenvalue weighted by molar-refractivity contribution is -0.117. The van der Waals surface area contributed by atoms with Gasteiger partial charge in [-0.1, -0.05) is 54.6 Å². The van der Waals surface area contributed by atoms with Crippen LogP contribution in [-0.4, -0.2) is 5.91 Å². The summed E-state index contributed by atoms with van der Waals surface area (Å²) >= 11 is 0. The van der Waals surface area contributed by atoms with Crippen LogP contribution in [0.15, 0.2) is 72.8 Å². The van der Waals surface area contributed by atoms with Crippen molar-refractivity contribution in [3.63, 3.8) is 0 Å². The zero-order valence-electron chi connectivity index (χ0n) is 14.3. The summed E-state index contributed by atoms with van der Waals surface area (Å²) in [6.45, 7) is 3.75. The lowest BCUT2D eigenvalue weighted by atomic mass is 9.96. The van der Waals surface area contributed by atoms with Crippen molar-refractivity contribution in [1.29, 1.82) is 0 Å². The van der Waals surface area contributed by atoms with E-state index in [4.69, 9.17) is 0 Å². The van der Waals surface area contributed by atoms with Gasteiger partial charge in [0.2, 0.25) is 5.91 Å². The molecule has 0 spiro atoms. The minimum Gasteiger partial charge on any atom is -0.326 e. The highest BCUT2D eigenvalue weighted by Crippen LogP contribution is 2.27. The average molecular weight is 333 g/mol. The number of hydrogen-bond donors (Lipinski definition) is 1. The van der Waals surface area contributed by atoms with Crippen molar-refractivity contribution in [2.24, 2.45) is 0 Å². The van der Waals surface area contributed by atoms with Crippen molar-refractivity contribution in [3.05, 3.63) is 89.7 Å². The quantitative estimate of drug-likeness (QED) is 0.667. The standard InChI is InChI=1S/C22H20FNO/c1-15-7-6-10-19(13-15)24-22(25)16(2)18-11-12-20(21(23)14-18)17-8-4-3-5-9-17/h3-14,16H,1-2H3,(H,24,25)/t16-/m1/s1. The second-order valence-electron chi connectivity index (χ2n) is 6.19. The fourth-order valence-corrected chi connectivity index (χ4v) is 2.78. The van der Waals surface area contributed by atoms with E-state index in [9.17, 15) is 9.18 Å². The Kier molecular flexibility index (Phi) is 4.94. The van der Waals surface area contributed by atoms with Gasteiger partial charge in [-0.3, -0.25) is 4.79 Å². The number of anilines is 1. The third-order valence-corrected chi connectivity index (χ3v) is 4.26. The van der Waals surface area contributed by atoms with Gasteiger partial charge < -0.3 is 5.32 Å². The maximum Gasteiger partial charge on any atom is 0.231 e. The summed E-state index contributed by atoms with van der Waals surface area (Å²) in [5.41, 5.74) is 3.84. The lowest BCUT2D eigenvalue weighted by Crippen LogP contribution is -2.19. The molecule has 0 fully saturated rings. The van der Waals surface area contributed by atoms with Gasteiger partial charge in [-0.15, -0.1) is 0 Å². The Morgan fingerprint density at radius 2 is 1.72 bits per heavy atom. The molecule has 126 valence electrons. The molecular weight excluding hydrogens is 313 g/mol. The van der Waals surface area contributed by atoms with Crippen LogP contribution in [0.2, 0.25) is 0 Å². The highest BCUT2D eigenvalue weighted by molar-refractivity contribution is 5.95. The lowest BCUT2D eigenvalue weighted by Gasteiger charge is -2.14. The van der Waals surface area contributed by atoms with Gasteiger partial charge in [-0.25, -0.2) is 4.39 Å². The van der Waals surface area contributed by atoms with Crippen molar-refractivity contribution >= 4 is 11.6 Å². The van der Waals surface area contributed by atoms with Crippen molar-refractivity contribution in [3.8, 4) is 11.1 Å². The number of hydrogen-bond acceptors (Lipinski definition) is 1. The number of halogens is 1. The molecule has 1 N–H and O–H groups in total. The number of carbonyl (C=O) groups is 1. The second-order valence-corrected chi connectivity index (χ2v) is 6.19. The van der Waals surface area contributed by atoms with Gasteiger partial charge in [0.15, 0.2) is 0 Å². The number of nitrogens with one attached hydrogen (secondary N) is 1. The van der Waals surface area contributed by atoms with Crippen LogP contribution in [0.5, 0.6) is 0 Å². The molecule has 3 heteroatoms. The summed E-state index contributed by atoms with van der Waals surface area (Å²) < 4.78 is 14.5. The molecule has 0 radical (unpaired) electrons. The molecule has 1 amide bonds. The van der Waals surface area contributed by atoms with E-state index in [0.717, 1.165) is 16.8 Å². The third kappa shape index (κ3) is 3.94. The molecule has 0 aliphatic heterocycles. The Bertz CT molecular complexity index is 890. The Morgan fingerprint density at radius 3 is 2.40 bits per heavy atom. The van der Waals surface area contributed by atoms with Crippen LogP contribution in [0.1, 0.15) is 24.0 Å². The van der Waals surface area contributed by atoms with Gasteiger partial charge >= 0.3 is 0 Å². The van der Waals surface area contributed by atoms with E-state index in [1.54, 1.807) is 13.0 Å². The molecular formula is C22H20FNO. The summed E-state index contributed by atoms with van der Waals surface area (Å²) in [5, 5.41) is 2.89. The van der Waals surface area contributed by atoms with E-state index < -0.39 is 5.92 Å². The Balaban J connectivity index is 1.79. The number of benzene rings is 3. The molecule has 0 aliphatic rings. The van der Waals surface area contributed by atoms with Gasteiger partial charge in [0, 0.05) is 11.3 Å². The number of rotatable bonds is 4. The predicted octanol–water partition coefficient (Wildman–Crippen LogP) is 5.54. The normalized spacial score (nSPS) is 11.8. The second kappa shape index (κ2) is 7.31. The minimum absolute atomic E-state index is 0.155. The van der Waals surface area contributed by atoms with E-state index >= 15 is 0 Å². The van der Waals surface area contributed by atoms with Crippen LogP contribution >= 0.6 is 0 Å². The SMILES string of the molecule is Cc1cccc(NC(=O)[C@H](C)c2ccc(-c3ccccc3)c(F)c2)c1. The van der Waals surface area contributed by atoms with E-state index in [1.807, 2.05) is 67.6 Å². The Hall–Kier alpha value is -2.94. The van der Waals surface area contributed by atoms with Crippen LogP contribution < -0.4 is 5.32 Å². The molecule has 0 unspecified atom stereocenters. The van der Waals surface area contributed by atoms with E-state index in [2.05, 4.69) is 5.32 Å². The molecule has 0 aliphatic carbocycles. The van der Waals surface area contributed by atoms with Gasteiger partial charge in [0.1, 0.15) is 5.82 Å².